The third kappa shape index (κ3) is 3.35. The van der Waals surface area contributed by atoms with Gasteiger partial charge in [-0.25, -0.2) is 8.42 Å². The maximum Gasteiger partial charge on any atom is 0.271 e. The fourth-order valence-corrected chi connectivity index (χ4v) is 4.66. The highest BCUT2D eigenvalue weighted by Crippen LogP contribution is 2.33. The van der Waals surface area contributed by atoms with Gasteiger partial charge in [0.05, 0.1) is 5.56 Å². The first-order chi connectivity index (χ1) is 9.21. The largest absolute Gasteiger partial charge is 0.336 e. The Hall–Kier alpha value is -0.590. The molecule has 2 rings (SSSR count). The van der Waals surface area contributed by atoms with Crippen LogP contribution in [0.25, 0.3) is 0 Å². The molecule has 1 aliphatic carbocycles. The van der Waals surface area contributed by atoms with Crippen LogP contribution in [0, 0.1) is 12.8 Å². The summed E-state index contributed by atoms with van der Waals surface area (Å²) in [5.41, 5.74) is 0.903. The molecule has 1 heterocycles. The number of amides is 1. The molecule has 1 amide bonds. The van der Waals surface area contributed by atoms with Crippen molar-refractivity contribution in [2.24, 2.45) is 5.92 Å². The van der Waals surface area contributed by atoms with Gasteiger partial charge < -0.3 is 4.90 Å². The quantitative estimate of drug-likeness (QED) is 0.776. The number of carbonyl (C=O) groups excluding carboxylic acids is 1. The van der Waals surface area contributed by atoms with E-state index in [9.17, 15) is 13.2 Å². The van der Waals surface area contributed by atoms with E-state index >= 15 is 0 Å². The smallest absolute Gasteiger partial charge is 0.271 e. The van der Waals surface area contributed by atoms with Gasteiger partial charge >= 0.3 is 0 Å². The van der Waals surface area contributed by atoms with Gasteiger partial charge in [-0.3, -0.25) is 4.79 Å². The van der Waals surface area contributed by atoms with E-state index in [0.717, 1.165) is 17.9 Å². The Labute approximate surface area is 128 Å². The van der Waals surface area contributed by atoms with Gasteiger partial charge in [0, 0.05) is 28.6 Å². The van der Waals surface area contributed by atoms with E-state index in [-0.39, 0.29) is 16.2 Å². The first-order valence-corrected chi connectivity index (χ1v) is 9.74. The molecule has 0 radical (unpaired) electrons. The normalized spacial score (nSPS) is 15.7. The fraction of sp³-hybridized carbons (Fsp3) is 0.615. The molecule has 20 heavy (non-hydrogen) atoms. The number of hydrogen-bond acceptors (Lipinski definition) is 4. The van der Waals surface area contributed by atoms with Gasteiger partial charge in [0.15, 0.2) is 0 Å². The van der Waals surface area contributed by atoms with Gasteiger partial charge in [0.25, 0.3) is 15.0 Å². The van der Waals surface area contributed by atoms with Crippen LogP contribution in [0.4, 0.5) is 0 Å². The molecule has 112 valence electrons. The Morgan fingerprint density at radius 1 is 1.50 bits per heavy atom. The van der Waals surface area contributed by atoms with Crippen molar-refractivity contribution in [2.45, 2.75) is 43.9 Å². The van der Waals surface area contributed by atoms with E-state index in [1.807, 2.05) is 18.7 Å². The Morgan fingerprint density at radius 2 is 2.10 bits per heavy atom. The van der Waals surface area contributed by atoms with Crippen molar-refractivity contribution in [3.05, 3.63) is 16.5 Å². The minimum absolute atomic E-state index is 0.0673. The number of halogens is 1. The summed E-state index contributed by atoms with van der Waals surface area (Å²) in [5.74, 6) is 0.490. The lowest BCUT2D eigenvalue weighted by molar-refractivity contribution is 0.0696. The summed E-state index contributed by atoms with van der Waals surface area (Å²) in [6.07, 6.45) is 2.33. The number of hydrogen-bond donors (Lipinski definition) is 0. The molecular weight excluding hydrogens is 318 g/mol. The van der Waals surface area contributed by atoms with Crippen LogP contribution in [0.3, 0.4) is 0 Å². The zero-order valence-corrected chi connectivity index (χ0v) is 14.1. The monoisotopic (exact) mass is 335 g/mol. The molecule has 0 unspecified atom stereocenters. The molecule has 0 bridgehead atoms. The molecule has 0 saturated heterocycles. The van der Waals surface area contributed by atoms with E-state index in [1.54, 1.807) is 12.3 Å². The third-order valence-corrected chi connectivity index (χ3v) is 6.79. The summed E-state index contributed by atoms with van der Waals surface area (Å²) >= 11 is 1.01. The van der Waals surface area contributed by atoms with Crippen molar-refractivity contribution in [1.82, 2.24) is 4.90 Å². The summed E-state index contributed by atoms with van der Waals surface area (Å²) < 4.78 is 22.9. The number of thiophene rings is 1. The molecule has 0 aromatic carbocycles. The molecule has 1 aromatic rings. The van der Waals surface area contributed by atoms with Crippen molar-refractivity contribution in [3.63, 3.8) is 0 Å². The third-order valence-electron chi connectivity index (χ3n) is 3.48. The van der Waals surface area contributed by atoms with Crippen LogP contribution < -0.4 is 0 Å². The molecule has 7 heteroatoms. The van der Waals surface area contributed by atoms with Gasteiger partial charge in [-0.2, -0.15) is 0 Å². The van der Waals surface area contributed by atoms with Crippen LogP contribution >= 0.6 is 22.0 Å². The first kappa shape index (κ1) is 15.8. The lowest BCUT2D eigenvalue weighted by Gasteiger charge is -2.26. The van der Waals surface area contributed by atoms with Gasteiger partial charge in [-0.15, -0.1) is 11.3 Å². The zero-order chi connectivity index (χ0) is 15.1. The van der Waals surface area contributed by atoms with Gasteiger partial charge in [-0.1, -0.05) is 0 Å². The van der Waals surface area contributed by atoms with Crippen molar-refractivity contribution in [1.29, 1.82) is 0 Å². The Morgan fingerprint density at radius 3 is 2.50 bits per heavy atom. The van der Waals surface area contributed by atoms with E-state index in [4.69, 9.17) is 10.7 Å². The molecule has 4 nitrogen and oxygen atoms in total. The van der Waals surface area contributed by atoms with Gasteiger partial charge in [0.1, 0.15) is 4.21 Å². The molecule has 1 fully saturated rings. The van der Waals surface area contributed by atoms with E-state index in [0.29, 0.717) is 17.0 Å². The number of nitrogens with zero attached hydrogens (tertiary/aromatic N) is 1. The molecule has 0 atom stereocenters. The van der Waals surface area contributed by atoms with Crippen molar-refractivity contribution < 1.29 is 13.2 Å². The first-order valence-electron chi connectivity index (χ1n) is 6.55. The van der Waals surface area contributed by atoms with Gasteiger partial charge in [0.2, 0.25) is 0 Å². The van der Waals surface area contributed by atoms with Crippen LogP contribution in [-0.4, -0.2) is 31.8 Å². The molecule has 0 aliphatic heterocycles. The molecular formula is C13H18ClNO3S2. The highest BCUT2D eigenvalue weighted by atomic mass is 35.7. The SMILES string of the molecule is Cc1c(C(=O)N(CC2CC2)C(C)C)csc1S(=O)(=O)Cl. The molecule has 0 spiro atoms. The fourth-order valence-electron chi connectivity index (χ4n) is 2.11. The Bertz CT molecular complexity index is 618. The van der Waals surface area contributed by atoms with Crippen LogP contribution in [0.1, 0.15) is 42.6 Å². The Kier molecular flexibility index (Phi) is 4.47. The summed E-state index contributed by atoms with van der Waals surface area (Å²) in [4.78, 5) is 14.4. The summed E-state index contributed by atoms with van der Waals surface area (Å²) in [5, 5.41) is 1.59. The van der Waals surface area contributed by atoms with Crippen molar-refractivity contribution >= 4 is 37.0 Å². The summed E-state index contributed by atoms with van der Waals surface area (Å²) in [7, 11) is 1.59. The molecule has 1 aliphatic rings. The molecule has 1 aromatic heterocycles. The summed E-state index contributed by atoms with van der Waals surface area (Å²) in [6, 6.07) is 0.0958. The van der Waals surface area contributed by atoms with E-state index in [2.05, 4.69) is 0 Å². The number of carbonyl (C=O) groups is 1. The van der Waals surface area contributed by atoms with Gasteiger partial charge in [-0.05, 0) is 45.1 Å². The predicted molar refractivity (Wildman–Crippen MR) is 81.0 cm³/mol. The second-order valence-corrected chi connectivity index (χ2v) is 9.14. The highest BCUT2D eigenvalue weighted by Gasteiger charge is 2.31. The van der Waals surface area contributed by atoms with Crippen LogP contribution in [0.2, 0.25) is 0 Å². The molecule has 1 saturated carbocycles. The minimum atomic E-state index is -3.78. The van der Waals surface area contributed by atoms with Crippen LogP contribution in [0.15, 0.2) is 9.59 Å². The average Bonchev–Trinajstić information content (AvgIpc) is 3.05. The highest BCUT2D eigenvalue weighted by molar-refractivity contribution is 8.15. The van der Waals surface area contributed by atoms with E-state index < -0.39 is 9.05 Å². The van der Waals surface area contributed by atoms with Crippen molar-refractivity contribution in [2.75, 3.05) is 6.54 Å². The zero-order valence-electron chi connectivity index (χ0n) is 11.7. The topological polar surface area (TPSA) is 54.5 Å². The van der Waals surface area contributed by atoms with E-state index in [1.165, 1.54) is 12.8 Å². The van der Waals surface area contributed by atoms with Crippen LogP contribution in [0.5, 0.6) is 0 Å². The lowest BCUT2D eigenvalue weighted by Crippen LogP contribution is -2.38. The standard InChI is InChI=1S/C13H18ClNO3S2/c1-8(2)15(6-10-4-5-10)12(16)11-7-19-13(9(11)3)20(14,17)18/h7-8,10H,4-6H2,1-3H3. The maximum absolute atomic E-state index is 12.6. The second kappa shape index (κ2) is 5.66. The van der Waals surface area contributed by atoms with Crippen LogP contribution in [-0.2, 0) is 9.05 Å². The van der Waals surface area contributed by atoms with Crippen molar-refractivity contribution in [3.8, 4) is 0 Å². The Balaban J connectivity index is 2.29. The average molecular weight is 336 g/mol. The maximum atomic E-state index is 12.6. The molecule has 0 N–H and O–H groups in total. The number of rotatable bonds is 5. The summed E-state index contributed by atoms with van der Waals surface area (Å²) in [6.45, 7) is 6.33. The predicted octanol–water partition coefficient (Wildman–Crippen LogP) is 3.24. The minimum Gasteiger partial charge on any atom is -0.336 e. The second-order valence-electron chi connectivity index (χ2n) is 5.49. The lowest BCUT2D eigenvalue weighted by atomic mass is 10.1.